The van der Waals surface area contributed by atoms with E-state index in [9.17, 15) is 0 Å². The van der Waals surface area contributed by atoms with E-state index in [0.717, 1.165) is 5.45 Å². The Morgan fingerprint density at radius 3 is 3.14 bits per heavy atom. The van der Waals surface area contributed by atoms with Crippen molar-refractivity contribution in [2.24, 2.45) is 0 Å². The molecule has 0 saturated heterocycles. The zero-order chi connectivity index (χ0) is 9.97. The SMILES string of the molecule is CN(CBr)c1ccc2c(c1)CCCS2. The van der Waals surface area contributed by atoms with Crippen LogP contribution in [-0.2, 0) is 6.42 Å². The summed E-state index contributed by atoms with van der Waals surface area (Å²) in [6, 6.07) is 6.79. The van der Waals surface area contributed by atoms with Crippen molar-refractivity contribution in [1.29, 1.82) is 0 Å². The minimum absolute atomic E-state index is 0.888. The molecule has 2 rings (SSSR count). The summed E-state index contributed by atoms with van der Waals surface area (Å²) >= 11 is 5.45. The Hall–Kier alpha value is -0.150. The van der Waals surface area contributed by atoms with Crippen molar-refractivity contribution in [3.8, 4) is 0 Å². The molecule has 1 nitrogen and oxygen atoms in total. The average molecular weight is 272 g/mol. The predicted octanol–water partition coefficient (Wildman–Crippen LogP) is 3.51. The number of hydrogen-bond donors (Lipinski definition) is 0. The van der Waals surface area contributed by atoms with Crippen LogP contribution < -0.4 is 4.90 Å². The Morgan fingerprint density at radius 1 is 1.50 bits per heavy atom. The molecule has 0 bridgehead atoms. The lowest BCUT2D eigenvalue weighted by molar-refractivity contribution is 0.887. The second-order valence-corrected chi connectivity index (χ2v) is 5.20. The summed E-state index contributed by atoms with van der Waals surface area (Å²) in [6.45, 7) is 0. The number of hydrogen-bond acceptors (Lipinski definition) is 2. The van der Waals surface area contributed by atoms with E-state index in [-0.39, 0.29) is 0 Å². The van der Waals surface area contributed by atoms with Crippen LogP contribution in [-0.4, -0.2) is 18.3 Å². The highest BCUT2D eigenvalue weighted by molar-refractivity contribution is 9.09. The van der Waals surface area contributed by atoms with Crippen molar-refractivity contribution in [1.82, 2.24) is 0 Å². The van der Waals surface area contributed by atoms with E-state index in [1.807, 2.05) is 11.8 Å². The van der Waals surface area contributed by atoms with Crippen LogP contribution in [0.4, 0.5) is 5.69 Å². The monoisotopic (exact) mass is 271 g/mol. The molecule has 0 N–H and O–H groups in total. The molecule has 0 aromatic heterocycles. The van der Waals surface area contributed by atoms with Gasteiger partial charge >= 0.3 is 0 Å². The molecule has 0 unspecified atom stereocenters. The number of alkyl halides is 1. The molecule has 3 heteroatoms. The van der Waals surface area contributed by atoms with Crippen molar-refractivity contribution in [2.75, 3.05) is 23.2 Å². The van der Waals surface area contributed by atoms with E-state index in [1.165, 1.54) is 34.7 Å². The third-order valence-electron chi connectivity index (χ3n) is 2.51. The number of anilines is 1. The van der Waals surface area contributed by atoms with Crippen LogP contribution in [0.1, 0.15) is 12.0 Å². The third kappa shape index (κ3) is 2.09. The summed E-state index contributed by atoms with van der Waals surface area (Å²) in [5.41, 5.74) is 3.72. The van der Waals surface area contributed by atoms with E-state index in [2.05, 4.69) is 46.1 Å². The highest BCUT2D eigenvalue weighted by Gasteiger charge is 2.10. The van der Waals surface area contributed by atoms with Crippen LogP contribution in [0.3, 0.4) is 0 Å². The lowest BCUT2D eigenvalue weighted by atomic mass is 10.1. The van der Waals surface area contributed by atoms with Gasteiger partial charge in [0.05, 0.1) is 5.45 Å². The molecule has 1 aromatic carbocycles. The fourth-order valence-electron chi connectivity index (χ4n) is 1.65. The molecule has 0 radical (unpaired) electrons. The summed E-state index contributed by atoms with van der Waals surface area (Å²) in [5, 5.41) is 0. The molecule has 0 aliphatic carbocycles. The van der Waals surface area contributed by atoms with Gasteiger partial charge in [0.1, 0.15) is 0 Å². The maximum atomic E-state index is 3.47. The number of halogens is 1. The number of benzene rings is 1. The van der Waals surface area contributed by atoms with Gasteiger partial charge in [0.15, 0.2) is 0 Å². The van der Waals surface area contributed by atoms with Gasteiger partial charge < -0.3 is 4.90 Å². The Kier molecular flexibility index (Phi) is 3.39. The van der Waals surface area contributed by atoms with E-state index in [4.69, 9.17) is 0 Å². The number of aryl methyl sites for hydroxylation is 1. The molecule has 1 heterocycles. The minimum Gasteiger partial charge on any atom is -0.365 e. The molecular weight excluding hydrogens is 258 g/mol. The highest BCUT2D eigenvalue weighted by atomic mass is 79.9. The molecule has 0 amide bonds. The highest BCUT2D eigenvalue weighted by Crippen LogP contribution is 2.32. The van der Waals surface area contributed by atoms with Crippen molar-refractivity contribution in [3.05, 3.63) is 23.8 Å². The maximum absolute atomic E-state index is 3.47. The van der Waals surface area contributed by atoms with Crippen molar-refractivity contribution in [2.45, 2.75) is 17.7 Å². The van der Waals surface area contributed by atoms with Crippen molar-refractivity contribution >= 4 is 33.4 Å². The van der Waals surface area contributed by atoms with Gasteiger partial charge in [-0.1, -0.05) is 15.9 Å². The van der Waals surface area contributed by atoms with E-state index in [1.54, 1.807) is 0 Å². The molecule has 0 atom stereocenters. The van der Waals surface area contributed by atoms with E-state index in [0.29, 0.717) is 0 Å². The van der Waals surface area contributed by atoms with E-state index < -0.39 is 0 Å². The van der Waals surface area contributed by atoms with Crippen LogP contribution in [0.15, 0.2) is 23.1 Å². The Balaban J connectivity index is 2.29. The first-order valence-electron chi connectivity index (χ1n) is 4.84. The summed E-state index contributed by atoms with van der Waals surface area (Å²) in [5.74, 6) is 1.28. The topological polar surface area (TPSA) is 3.24 Å². The molecule has 0 fully saturated rings. The second kappa shape index (κ2) is 4.58. The van der Waals surface area contributed by atoms with Crippen LogP contribution in [0.25, 0.3) is 0 Å². The van der Waals surface area contributed by atoms with Crippen LogP contribution in [0.2, 0.25) is 0 Å². The fraction of sp³-hybridized carbons (Fsp3) is 0.455. The summed E-state index contributed by atoms with van der Waals surface area (Å²) in [6.07, 6.45) is 2.56. The van der Waals surface area contributed by atoms with Gasteiger partial charge in [-0.25, -0.2) is 0 Å². The number of nitrogens with zero attached hydrogens (tertiary/aromatic N) is 1. The summed E-state index contributed by atoms with van der Waals surface area (Å²) in [7, 11) is 2.10. The van der Waals surface area contributed by atoms with Gasteiger partial charge in [-0.15, -0.1) is 11.8 Å². The van der Waals surface area contributed by atoms with E-state index >= 15 is 0 Å². The first kappa shape index (κ1) is 10.4. The first-order valence-corrected chi connectivity index (χ1v) is 6.95. The summed E-state index contributed by atoms with van der Waals surface area (Å²) in [4.78, 5) is 3.68. The molecule has 76 valence electrons. The van der Waals surface area contributed by atoms with Gasteiger partial charge in [-0.2, -0.15) is 0 Å². The zero-order valence-electron chi connectivity index (χ0n) is 8.29. The molecule has 14 heavy (non-hydrogen) atoms. The molecule has 1 aliphatic rings. The smallest absolute Gasteiger partial charge is 0.0732 e. The largest absolute Gasteiger partial charge is 0.365 e. The maximum Gasteiger partial charge on any atom is 0.0732 e. The number of fused-ring (bicyclic) bond motifs is 1. The Bertz CT molecular complexity index is 327. The Morgan fingerprint density at radius 2 is 2.36 bits per heavy atom. The van der Waals surface area contributed by atoms with Gasteiger partial charge in [-0.05, 0) is 42.4 Å². The Labute approximate surface area is 98.0 Å². The van der Waals surface area contributed by atoms with Gasteiger partial charge in [0, 0.05) is 17.6 Å². The molecule has 0 spiro atoms. The first-order chi connectivity index (χ1) is 6.81. The van der Waals surface area contributed by atoms with Crippen LogP contribution >= 0.6 is 27.7 Å². The van der Waals surface area contributed by atoms with Crippen LogP contribution in [0.5, 0.6) is 0 Å². The zero-order valence-corrected chi connectivity index (χ0v) is 10.7. The fourth-order valence-corrected chi connectivity index (χ4v) is 2.96. The molecular formula is C11H14BrNS. The summed E-state index contributed by atoms with van der Waals surface area (Å²) < 4.78 is 0. The standard InChI is InChI=1S/C11H14BrNS/c1-13(8-12)10-4-5-11-9(7-10)3-2-6-14-11/h4-5,7H,2-3,6,8H2,1H3. The van der Waals surface area contributed by atoms with Gasteiger partial charge in [0.25, 0.3) is 0 Å². The third-order valence-corrected chi connectivity index (χ3v) is 4.47. The van der Waals surface area contributed by atoms with Gasteiger partial charge in [0.2, 0.25) is 0 Å². The normalized spacial score (nSPS) is 15.0. The number of rotatable bonds is 2. The number of thioether (sulfide) groups is 1. The van der Waals surface area contributed by atoms with Gasteiger partial charge in [-0.3, -0.25) is 0 Å². The molecule has 1 aromatic rings. The molecule has 0 saturated carbocycles. The second-order valence-electron chi connectivity index (χ2n) is 3.56. The quantitative estimate of drug-likeness (QED) is 0.598. The molecule has 1 aliphatic heterocycles. The minimum atomic E-state index is 0.888. The predicted molar refractivity (Wildman–Crippen MR) is 67.7 cm³/mol. The van der Waals surface area contributed by atoms with Crippen LogP contribution in [0, 0.1) is 0 Å². The average Bonchev–Trinajstić information content (AvgIpc) is 2.27. The van der Waals surface area contributed by atoms with Crippen molar-refractivity contribution in [3.63, 3.8) is 0 Å². The lowest BCUT2D eigenvalue weighted by Gasteiger charge is -2.20. The lowest BCUT2D eigenvalue weighted by Crippen LogP contribution is -2.14. The van der Waals surface area contributed by atoms with Crippen molar-refractivity contribution < 1.29 is 0 Å².